The van der Waals surface area contributed by atoms with E-state index in [4.69, 9.17) is 14.6 Å². The molecule has 0 radical (unpaired) electrons. The molecule has 0 saturated heterocycles. The van der Waals surface area contributed by atoms with E-state index in [1.807, 2.05) is 0 Å². The maximum Gasteiger partial charge on any atom is 0.336 e. The minimum atomic E-state index is -1.86. The fraction of sp³-hybridized carbons (Fsp3) is 0.462. The van der Waals surface area contributed by atoms with Gasteiger partial charge in [-0.15, -0.1) is 0 Å². The van der Waals surface area contributed by atoms with E-state index in [9.17, 15) is 9.90 Å². The maximum absolute atomic E-state index is 11.0. The molecule has 1 aromatic rings. The zero-order valence-electron chi connectivity index (χ0n) is 10.9. The third-order valence-corrected chi connectivity index (χ3v) is 3.18. The van der Waals surface area contributed by atoms with Gasteiger partial charge >= 0.3 is 5.97 Å². The maximum atomic E-state index is 11.0. The second kappa shape index (κ2) is 5.27. The fourth-order valence-corrected chi connectivity index (χ4v) is 1.66. The number of hydrogen-bond donors (Lipinski definition) is 2. The highest BCUT2D eigenvalue weighted by atomic mass is 16.5. The van der Waals surface area contributed by atoms with Crippen molar-refractivity contribution in [3.8, 4) is 11.5 Å². The van der Waals surface area contributed by atoms with Crippen LogP contribution in [0.2, 0.25) is 0 Å². The lowest BCUT2D eigenvalue weighted by atomic mass is 9.84. The molecule has 1 aromatic carbocycles. The molecule has 0 amide bonds. The summed E-state index contributed by atoms with van der Waals surface area (Å²) in [6, 6.07) is 5.05. The van der Waals surface area contributed by atoms with Gasteiger partial charge in [-0.1, -0.05) is 13.0 Å². The monoisotopic (exact) mass is 254 g/mol. The summed E-state index contributed by atoms with van der Waals surface area (Å²) in [6.45, 7) is 2.90. The van der Waals surface area contributed by atoms with Crippen LogP contribution >= 0.6 is 0 Å². The van der Waals surface area contributed by atoms with E-state index < -0.39 is 17.5 Å². The molecule has 100 valence electrons. The smallest absolute Gasteiger partial charge is 0.336 e. The molecular weight excluding hydrogens is 236 g/mol. The number of hydrogen-bond acceptors (Lipinski definition) is 4. The van der Waals surface area contributed by atoms with Crippen LogP contribution in [0.3, 0.4) is 0 Å². The lowest BCUT2D eigenvalue weighted by Crippen LogP contribution is -2.40. The highest BCUT2D eigenvalue weighted by Crippen LogP contribution is 2.36. The summed E-state index contributed by atoms with van der Waals surface area (Å²) in [5.74, 6) is -0.787. The van der Waals surface area contributed by atoms with Crippen LogP contribution in [0.25, 0.3) is 0 Å². The summed E-state index contributed by atoms with van der Waals surface area (Å²) in [5, 5.41) is 19.0. The van der Waals surface area contributed by atoms with Crippen LogP contribution in [0.1, 0.15) is 25.3 Å². The summed E-state index contributed by atoms with van der Waals surface area (Å²) in [5.41, 5.74) is -1.24. The third-order valence-electron chi connectivity index (χ3n) is 3.18. The number of rotatable bonds is 5. The molecule has 18 heavy (non-hydrogen) atoms. The van der Waals surface area contributed by atoms with Crippen LogP contribution in [-0.2, 0) is 4.79 Å². The first-order valence-corrected chi connectivity index (χ1v) is 5.52. The van der Waals surface area contributed by atoms with Crippen LogP contribution in [0, 0.1) is 0 Å². The highest BCUT2D eigenvalue weighted by molar-refractivity contribution is 5.78. The number of aliphatic carboxylic acids is 1. The lowest BCUT2D eigenvalue weighted by molar-refractivity contribution is -0.158. The molecular formula is C13H18O5. The largest absolute Gasteiger partial charge is 0.497 e. The number of methoxy groups -OCH3 is 2. The van der Waals surface area contributed by atoms with Gasteiger partial charge in [0.1, 0.15) is 11.5 Å². The van der Waals surface area contributed by atoms with E-state index in [0.717, 1.165) is 0 Å². The standard InChI is InChI=1S/C13H18O5/c1-8(13(2,16)12(14)15)10-6-5-9(17-3)7-11(10)18-4/h5-8,16H,1-4H3,(H,14,15). The van der Waals surface area contributed by atoms with E-state index in [1.54, 1.807) is 25.1 Å². The predicted octanol–water partition coefficient (Wildman–Crippen LogP) is 1.64. The molecule has 0 aromatic heterocycles. The molecule has 1 rings (SSSR count). The Hall–Kier alpha value is -1.75. The van der Waals surface area contributed by atoms with Gasteiger partial charge in [0.15, 0.2) is 5.60 Å². The van der Waals surface area contributed by atoms with Crippen molar-refractivity contribution >= 4 is 5.97 Å². The van der Waals surface area contributed by atoms with Gasteiger partial charge in [0.05, 0.1) is 14.2 Å². The van der Waals surface area contributed by atoms with Gasteiger partial charge in [0, 0.05) is 17.5 Å². The van der Waals surface area contributed by atoms with Gasteiger partial charge < -0.3 is 19.7 Å². The van der Waals surface area contributed by atoms with Crippen molar-refractivity contribution in [3.05, 3.63) is 23.8 Å². The number of benzene rings is 1. The average Bonchev–Trinajstić information content (AvgIpc) is 2.36. The van der Waals surface area contributed by atoms with Crippen LogP contribution in [0.15, 0.2) is 18.2 Å². The molecule has 0 spiro atoms. The molecule has 0 aliphatic heterocycles. The van der Waals surface area contributed by atoms with Crippen LogP contribution in [0.5, 0.6) is 11.5 Å². The van der Waals surface area contributed by atoms with Crippen molar-refractivity contribution < 1.29 is 24.5 Å². The Labute approximate surface area is 106 Å². The quantitative estimate of drug-likeness (QED) is 0.835. The van der Waals surface area contributed by atoms with E-state index in [0.29, 0.717) is 17.1 Å². The normalized spacial score (nSPS) is 15.6. The zero-order chi connectivity index (χ0) is 13.9. The van der Waals surface area contributed by atoms with E-state index in [1.165, 1.54) is 21.1 Å². The molecule has 0 aliphatic carbocycles. The highest BCUT2D eigenvalue weighted by Gasteiger charge is 2.38. The van der Waals surface area contributed by atoms with Crippen molar-refractivity contribution in [2.24, 2.45) is 0 Å². The summed E-state index contributed by atoms with van der Waals surface area (Å²) in [6.07, 6.45) is 0. The van der Waals surface area contributed by atoms with Gasteiger partial charge in [-0.3, -0.25) is 0 Å². The topological polar surface area (TPSA) is 76.0 Å². The van der Waals surface area contributed by atoms with Crippen LogP contribution in [-0.4, -0.2) is 36.0 Å². The van der Waals surface area contributed by atoms with Gasteiger partial charge in [-0.25, -0.2) is 4.79 Å². The Bertz CT molecular complexity index is 439. The van der Waals surface area contributed by atoms with E-state index in [2.05, 4.69) is 0 Å². The van der Waals surface area contributed by atoms with Crippen molar-refractivity contribution in [1.82, 2.24) is 0 Å². The molecule has 2 N–H and O–H groups in total. The van der Waals surface area contributed by atoms with Crippen LogP contribution < -0.4 is 9.47 Å². The van der Waals surface area contributed by atoms with Gasteiger partial charge in [0.2, 0.25) is 0 Å². The number of carboxylic acid groups (broad SMARTS) is 1. The lowest BCUT2D eigenvalue weighted by Gasteiger charge is -2.27. The number of aliphatic hydroxyl groups is 1. The van der Waals surface area contributed by atoms with E-state index >= 15 is 0 Å². The third kappa shape index (κ3) is 2.56. The molecule has 0 heterocycles. The molecule has 5 nitrogen and oxygen atoms in total. The first-order valence-electron chi connectivity index (χ1n) is 5.52. The molecule has 2 atom stereocenters. The summed E-state index contributed by atoms with van der Waals surface area (Å²) in [7, 11) is 3.02. The Kier molecular flexibility index (Phi) is 4.19. The van der Waals surface area contributed by atoms with Crippen molar-refractivity contribution in [3.63, 3.8) is 0 Å². The van der Waals surface area contributed by atoms with E-state index in [-0.39, 0.29) is 0 Å². The SMILES string of the molecule is COc1ccc(C(C)C(C)(O)C(=O)O)c(OC)c1. The van der Waals surface area contributed by atoms with Crippen molar-refractivity contribution in [2.45, 2.75) is 25.4 Å². The Morgan fingerprint density at radius 2 is 1.94 bits per heavy atom. The predicted molar refractivity (Wildman–Crippen MR) is 66.2 cm³/mol. The second-order valence-electron chi connectivity index (χ2n) is 4.28. The summed E-state index contributed by atoms with van der Waals surface area (Å²) in [4.78, 5) is 11.0. The fourth-order valence-electron chi connectivity index (χ4n) is 1.66. The zero-order valence-corrected chi connectivity index (χ0v) is 10.9. The molecule has 0 aliphatic rings. The molecule has 2 unspecified atom stereocenters. The molecule has 0 saturated carbocycles. The molecule has 5 heteroatoms. The molecule has 0 fully saturated rings. The summed E-state index contributed by atoms with van der Waals surface area (Å²) >= 11 is 0. The number of ether oxygens (including phenoxy) is 2. The molecule has 0 bridgehead atoms. The minimum absolute atomic E-state index is 0.489. The first-order chi connectivity index (χ1) is 8.34. The van der Waals surface area contributed by atoms with Gasteiger partial charge in [0.25, 0.3) is 0 Å². The van der Waals surface area contributed by atoms with Gasteiger partial charge in [-0.2, -0.15) is 0 Å². The van der Waals surface area contributed by atoms with Crippen molar-refractivity contribution in [1.29, 1.82) is 0 Å². The second-order valence-corrected chi connectivity index (χ2v) is 4.28. The Morgan fingerprint density at radius 3 is 2.39 bits per heavy atom. The minimum Gasteiger partial charge on any atom is -0.497 e. The Morgan fingerprint density at radius 1 is 1.33 bits per heavy atom. The van der Waals surface area contributed by atoms with Crippen molar-refractivity contribution in [2.75, 3.05) is 14.2 Å². The Balaban J connectivity index is 3.20. The number of carboxylic acids is 1. The number of carbonyl (C=O) groups is 1. The first kappa shape index (κ1) is 14.3. The van der Waals surface area contributed by atoms with Crippen LogP contribution in [0.4, 0.5) is 0 Å². The average molecular weight is 254 g/mol. The van der Waals surface area contributed by atoms with Gasteiger partial charge in [-0.05, 0) is 13.0 Å². The summed E-state index contributed by atoms with van der Waals surface area (Å²) < 4.78 is 10.3.